The molecule has 0 unspecified atom stereocenters. The normalized spacial score (nSPS) is 13.8. The van der Waals surface area contributed by atoms with Gasteiger partial charge in [-0.25, -0.2) is 4.39 Å². The number of nitrogens with zero attached hydrogens (tertiary/aromatic N) is 1. The van der Waals surface area contributed by atoms with Gasteiger partial charge in [0.2, 0.25) is 0 Å². The van der Waals surface area contributed by atoms with Crippen LogP contribution in [0.5, 0.6) is 11.5 Å². The second kappa shape index (κ2) is 8.09. The Morgan fingerprint density at radius 3 is 2.12 bits per heavy atom. The van der Waals surface area contributed by atoms with Gasteiger partial charge in [-0.2, -0.15) is 0 Å². The van der Waals surface area contributed by atoms with Crippen molar-refractivity contribution in [2.24, 2.45) is 5.92 Å². The minimum atomic E-state index is -4.90. The highest BCUT2D eigenvalue weighted by Gasteiger charge is 2.44. The molecule has 0 amide bonds. The summed E-state index contributed by atoms with van der Waals surface area (Å²) in [7, 11) is 0. The van der Waals surface area contributed by atoms with E-state index in [1.165, 1.54) is 19.9 Å². The Kier molecular flexibility index (Phi) is 5.91. The molecule has 33 heavy (non-hydrogen) atoms. The number of hydrogen-bond acceptors (Lipinski definition) is 4. The number of carboxylic acid groups (broad SMARTS) is 1. The van der Waals surface area contributed by atoms with Gasteiger partial charge in [0.05, 0.1) is 10.9 Å². The first-order valence-corrected chi connectivity index (χ1v) is 9.87. The van der Waals surface area contributed by atoms with E-state index in [1.807, 2.05) is 0 Å². The molecule has 2 N–H and O–H groups in total. The third kappa shape index (κ3) is 4.01. The van der Waals surface area contributed by atoms with E-state index in [4.69, 9.17) is 0 Å². The van der Waals surface area contributed by atoms with Crippen molar-refractivity contribution < 1.29 is 42.1 Å². The molecule has 176 valence electrons. The average molecular weight is 467 g/mol. The van der Waals surface area contributed by atoms with Crippen LogP contribution in [0.1, 0.15) is 42.4 Å². The SMILES string of the molecule is Cc1c([C@](C)(C(=O)O)C(C)C)c2c(F)c(O)ccc2n1C(=O)c1ccc(OC(F)(F)F)cc1. The van der Waals surface area contributed by atoms with Gasteiger partial charge in [0.1, 0.15) is 5.75 Å². The van der Waals surface area contributed by atoms with Crippen LogP contribution in [0.15, 0.2) is 36.4 Å². The summed E-state index contributed by atoms with van der Waals surface area (Å²) >= 11 is 0. The number of rotatable bonds is 5. The van der Waals surface area contributed by atoms with Crippen LogP contribution in [-0.4, -0.2) is 33.0 Å². The summed E-state index contributed by atoms with van der Waals surface area (Å²) in [5.41, 5.74) is -1.47. The number of alkyl halides is 3. The molecule has 3 rings (SSSR count). The maximum Gasteiger partial charge on any atom is 0.573 e. The van der Waals surface area contributed by atoms with Crippen molar-refractivity contribution in [1.29, 1.82) is 0 Å². The molecular weight excluding hydrogens is 446 g/mol. The van der Waals surface area contributed by atoms with Gasteiger partial charge in [-0.05, 0) is 56.2 Å². The second-order valence-electron chi connectivity index (χ2n) is 8.13. The van der Waals surface area contributed by atoms with Crippen LogP contribution in [0.25, 0.3) is 10.9 Å². The van der Waals surface area contributed by atoms with Gasteiger partial charge in [0.25, 0.3) is 5.91 Å². The van der Waals surface area contributed by atoms with Crippen molar-refractivity contribution >= 4 is 22.8 Å². The summed E-state index contributed by atoms with van der Waals surface area (Å²) in [6.45, 7) is 6.13. The number of aromatic nitrogens is 1. The number of phenols is 1. The first-order valence-electron chi connectivity index (χ1n) is 9.87. The van der Waals surface area contributed by atoms with Gasteiger partial charge in [0.15, 0.2) is 11.6 Å². The molecule has 0 aliphatic rings. The smallest absolute Gasteiger partial charge is 0.505 e. The molecule has 2 aromatic carbocycles. The number of aromatic hydroxyl groups is 1. The molecule has 1 aromatic heterocycles. The molecule has 6 nitrogen and oxygen atoms in total. The van der Waals surface area contributed by atoms with Crippen molar-refractivity contribution in [1.82, 2.24) is 4.57 Å². The van der Waals surface area contributed by atoms with Crippen LogP contribution in [0, 0.1) is 18.7 Å². The minimum absolute atomic E-state index is 0.0199. The van der Waals surface area contributed by atoms with Crippen molar-refractivity contribution in [3.05, 3.63) is 59.0 Å². The number of aliphatic carboxylic acids is 1. The third-order valence-corrected chi connectivity index (χ3v) is 5.94. The lowest BCUT2D eigenvalue weighted by atomic mass is 9.72. The number of carbonyl (C=O) groups is 2. The fourth-order valence-electron chi connectivity index (χ4n) is 3.92. The molecule has 0 saturated carbocycles. The summed E-state index contributed by atoms with van der Waals surface area (Å²) < 4.78 is 57.2. The van der Waals surface area contributed by atoms with E-state index in [1.54, 1.807) is 13.8 Å². The molecule has 0 radical (unpaired) electrons. The minimum Gasteiger partial charge on any atom is -0.505 e. The van der Waals surface area contributed by atoms with Gasteiger partial charge in [0, 0.05) is 22.2 Å². The fraction of sp³-hybridized carbons (Fsp3) is 0.304. The van der Waals surface area contributed by atoms with E-state index in [-0.39, 0.29) is 27.7 Å². The third-order valence-electron chi connectivity index (χ3n) is 5.94. The van der Waals surface area contributed by atoms with Crippen LogP contribution < -0.4 is 4.74 Å². The lowest BCUT2D eigenvalue weighted by Gasteiger charge is -2.30. The number of hydrogen-bond donors (Lipinski definition) is 2. The molecule has 10 heteroatoms. The van der Waals surface area contributed by atoms with Crippen LogP contribution in [0.2, 0.25) is 0 Å². The molecule has 0 fully saturated rings. The maximum atomic E-state index is 15.1. The van der Waals surface area contributed by atoms with Crippen LogP contribution in [-0.2, 0) is 10.2 Å². The van der Waals surface area contributed by atoms with Crippen LogP contribution in [0.3, 0.4) is 0 Å². The Hall–Kier alpha value is -3.56. The number of benzene rings is 2. The zero-order valence-electron chi connectivity index (χ0n) is 18.1. The van der Waals surface area contributed by atoms with Gasteiger partial charge < -0.3 is 14.9 Å². The number of carbonyl (C=O) groups excluding carboxylic acids is 1. The monoisotopic (exact) mass is 467 g/mol. The van der Waals surface area contributed by atoms with E-state index < -0.39 is 46.9 Å². The highest BCUT2D eigenvalue weighted by Crippen LogP contribution is 2.43. The van der Waals surface area contributed by atoms with Gasteiger partial charge in [-0.1, -0.05) is 13.8 Å². The Morgan fingerprint density at radius 1 is 1.06 bits per heavy atom. The molecule has 0 spiro atoms. The zero-order chi connectivity index (χ0) is 24.9. The number of halogens is 4. The summed E-state index contributed by atoms with van der Waals surface area (Å²) in [6, 6.07) is 6.48. The topological polar surface area (TPSA) is 88.8 Å². The second-order valence-corrected chi connectivity index (χ2v) is 8.13. The van der Waals surface area contributed by atoms with E-state index in [9.17, 15) is 33.0 Å². The highest BCUT2D eigenvalue weighted by molar-refractivity contribution is 6.06. The van der Waals surface area contributed by atoms with E-state index in [0.717, 1.165) is 34.9 Å². The van der Waals surface area contributed by atoms with E-state index >= 15 is 4.39 Å². The maximum absolute atomic E-state index is 15.1. The average Bonchev–Trinajstić information content (AvgIpc) is 3.01. The largest absolute Gasteiger partial charge is 0.573 e. The predicted molar refractivity (Wildman–Crippen MR) is 111 cm³/mol. The molecule has 0 aliphatic carbocycles. The highest BCUT2D eigenvalue weighted by atomic mass is 19.4. The Bertz CT molecular complexity index is 1240. The van der Waals surface area contributed by atoms with E-state index in [2.05, 4.69) is 4.74 Å². The van der Waals surface area contributed by atoms with Crippen molar-refractivity contribution in [3.63, 3.8) is 0 Å². The fourth-order valence-corrected chi connectivity index (χ4v) is 3.92. The predicted octanol–water partition coefficient (Wildman–Crippen LogP) is 5.38. The van der Waals surface area contributed by atoms with Crippen molar-refractivity contribution in [2.45, 2.75) is 39.5 Å². The quantitative estimate of drug-likeness (QED) is 0.492. The zero-order valence-corrected chi connectivity index (χ0v) is 18.1. The molecule has 0 saturated heterocycles. The number of fused-ring (bicyclic) bond motifs is 1. The van der Waals surface area contributed by atoms with E-state index in [0.29, 0.717) is 0 Å². The lowest BCUT2D eigenvalue weighted by Crippen LogP contribution is -2.38. The standard InChI is InChI=1S/C23H21F4NO5/c1-11(2)22(4,21(31)32)18-12(3)28(15-9-10-16(29)19(24)17(15)18)20(30)13-5-7-14(8-6-13)33-23(25,26)27/h5-11,29H,1-4H3,(H,31,32)/t22-/m1/s1. The Balaban J connectivity index is 2.27. The van der Waals surface area contributed by atoms with Gasteiger partial charge >= 0.3 is 12.3 Å². The number of phenolic OH excluding ortho intramolecular Hbond substituents is 1. The van der Waals surface area contributed by atoms with Crippen LogP contribution in [0.4, 0.5) is 17.6 Å². The molecule has 0 aliphatic heterocycles. The Labute approximate surface area is 186 Å². The molecule has 1 atom stereocenters. The first-order chi connectivity index (χ1) is 15.2. The van der Waals surface area contributed by atoms with Crippen molar-refractivity contribution in [2.75, 3.05) is 0 Å². The molecule has 1 heterocycles. The number of carboxylic acids is 1. The van der Waals surface area contributed by atoms with Crippen LogP contribution >= 0.6 is 0 Å². The van der Waals surface area contributed by atoms with Crippen molar-refractivity contribution in [3.8, 4) is 11.5 Å². The summed E-state index contributed by atoms with van der Waals surface area (Å²) in [4.78, 5) is 25.6. The number of ether oxygens (including phenoxy) is 1. The summed E-state index contributed by atoms with van der Waals surface area (Å²) in [5, 5.41) is 19.7. The van der Waals surface area contributed by atoms with Gasteiger partial charge in [-0.3, -0.25) is 14.2 Å². The summed E-state index contributed by atoms with van der Waals surface area (Å²) in [5.74, 6) is -4.79. The lowest BCUT2D eigenvalue weighted by molar-refractivity contribution is -0.274. The first kappa shape index (κ1) is 24.1. The molecular formula is C23H21F4NO5. The Morgan fingerprint density at radius 2 is 1.64 bits per heavy atom. The molecule has 3 aromatic rings. The summed E-state index contributed by atoms with van der Waals surface area (Å²) in [6.07, 6.45) is -4.90. The molecule has 0 bridgehead atoms. The van der Waals surface area contributed by atoms with Gasteiger partial charge in [-0.15, -0.1) is 13.2 Å².